The highest BCUT2D eigenvalue weighted by Gasteiger charge is 2.26. The van der Waals surface area contributed by atoms with Gasteiger partial charge >= 0.3 is 5.97 Å². The Morgan fingerprint density at radius 3 is 2.43 bits per heavy atom. The molecule has 0 saturated heterocycles. The van der Waals surface area contributed by atoms with Crippen LogP contribution >= 0.6 is 0 Å². The lowest BCUT2D eigenvalue weighted by Crippen LogP contribution is -2.44. The smallest absolute Gasteiger partial charge is 0.330 e. The highest BCUT2D eigenvalue weighted by molar-refractivity contribution is 5.91. The first kappa shape index (κ1) is 30.7. The molecular formula is C36H37NO7. The second kappa shape index (κ2) is 15.1. The molecule has 1 aliphatic carbocycles. The molecule has 2 unspecified atom stereocenters. The molecule has 0 amide bonds. The number of methoxy groups -OCH3 is 1. The van der Waals surface area contributed by atoms with E-state index < -0.39 is 18.4 Å². The van der Waals surface area contributed by atoms with E-state index in [4.69, 9.17) is 23.7 Å². The topological polar surface area (TPSA) is 95.5 Å². The van der Waals surface area contributed by atoms with E-state index in [9.17, 15) is 9.90 Å². The van der Waals surface area contributed by atoms with Gasteiger partial charge in [0.15, 0.2) is 11.5 Å². The molecule has 0 spiro atoms. The fourth-order valence-corrected chi connectivity index (χ4v) is 5.10. The Kier molecular flexibility index (Phi) is 10.5. The molecule has 0 heterocycles. The number of esters is 1. The van der Waals surface area contributed by atoms with E-state index in [1.165, 1.54) is 11.6 Å². The third-order valence-electron chi connectivity index (χ3n) is 7.10. The first-order valence-corrected chi connectivity index (χ1v) is 14.7. The molecule has 8 heteroatoms. The van der Waals surface area contributed by atoms with Crippen LogP contribution in [0.15, 0.2) is 97.1 Å². The maximum atomic E-state index is 12.2. The number of nitrogens with one attached hydrogen (secondary N) is 1. The zero-order chi connectivity index (χ0) is 30.7. The van der Waals surface area contributed by atoms with E-state index in [0.717, 1.165) is 28.7 Å². The van der Waals surface area contributed by atoms with E-state index in [-0.39, 0.29) is 6.54 Å². The van der Waals surface area contributed by atoms with Gasteiger partial charge in [-0.15, -0.1) is 0 Å². The Balaban J connectivity index is 1.32. The van der Waals surface area contributed by atoms with Gasteiger partial charge in [-0.05, 0) is 83.6 Å². The summed E-state index contributed by atoms with van der Waals surface area (Å²) >= 11 is 0. The minimum atomic E-state index is -1.02. The lowest BCUT2D eigenvalue weighted by atomic mass is 9.98. The minimum Gasteiger partial charge on any atom is -0.493 e. The molecule has 0 radical (unpaired) electrons. The summed E-state index contributed by atoms with van der Waals surface area (Å²) in [5.41, 5.74) is 5.24. The van der Waals surface area contributed by atoms with Crippen LogP contribution in [0.5, 0.6) is 23.0 Å². The van der Waals surface area contributed by atoms with Crippen LogP contribution in [0.3, 0.4) is 0 Å². The lowest BCUT2D eigenvalue weighted by Gasteiger charge is -2.26. The number of carbonyl (C=O) groups excluding carboxylic acids is 1. The summed E-state index contributed by atoms with van der Waals surface area (Å²) in [5.74, 6) is 1.97. The highest BCUT2D eigenvalue weighted by atomic mass is 16.7. The Hall–Kier alpha value is -4.79. The van der Waals surface area contributed by atoms with Gasteiger partial charge in [0.25, 0.3) is 6.29 Å². The summed E-state index contributed by atoms with van der Waals surface area (Å²) in [6.07, 6.45) is 1.85. The molecule has 4 aromatic carbocycles. The largest absolute Gasteiger partial charge is 0.493 e. The predicted octanol–water partition coefficient (Wildman–Crippen LogP) is 5.66. The van der Waals surface area contributed by atoms with Crippen LogP contribution in [0.1, 0.15) is 23.6 Å². The summed E-state index contributed by atoms with van der Waals surface area (Å²) in [6.45, 7) is 3.12. The molecular weight excluding hydrogens is 558 g/mol. The van der Waals surface area contributed by atoms with Crippen LogP contribution in [0.25, 0.3) is 17.2 Å². The fraction of sp³-hybridized carbons (Fsp3) is 0.250. The van der Waals surface area contributed by atoms with Gasteiger partial charge in [-0.1, -0.05) is 54.6 Å². The van der Waals surface area contributed by atoms with Crippen LogP contribution in [0, 0.1) is 0 Å². The number of aliphatic hydroxyl groups excluding tert-OH is 1. The van der Waals surface area contributed by atoms with Crippen LogP contribution in [0.4, 0.5) is 0 Å². The van der Waals surface area contributed by atoms with E-state index in [1.54, 1.807) is 20.1 Å². The normalized spacial score (nSPS) is 13.1. The van der Waals surface area contributed by atoms with Crippen molar-refractivity contribution in [1.82, 2.24) is 5.32 Å². The van der Waals surface area contributed by atoms with Crippen molar-refractivity contribution in [2.45, 2.75) is 25.7 Å². The van der Waals surface area contributed by atoms with Crippen LogP contribution in [0.2, 0.25) is 0 Å². The number of aliphatic hydroxyl groups is 1. The average molecular weight is 596 g/mol. The third kappa shape index (κ3) is 7.78. The standard InChI is InChI=1S/C36H37NO7/c1-3-41-34(39)18-17-26-22-29(23-27-21-25-11-7-8-14-30(25)35(26)27)44-36(43-28-12-5-4-6-13-28)31(38)24-37-19-20-42-33-16-10-9-15-32(33)40-2/h4-18,22-23,31,36-38H,3,19-21,24H2,1-2H3. The second-order valence-corrected chi connectivity index (χ2v) is 10.2. The van der Waals surface area contributed by atoms with Gasteiger partial charge in [0.05, 0.1) is 13.7 Å². The van der Waals surface area contributed by atoms with Crippen LogP contribution in [-0.2, 0) is 16.0 Å². The maximum absolute atomic E-state index is 12.2. The fourth-order valence-electron chi connectivity index (χ4n) is 5.10. The zero-order valence-corrected chi connectivity index (χ0v) is 24.9. The van der Waals surface area contributed by atoms with Crippen molar-refractivity contribution in [2.24, 2.45) is 0 Å². The number of hydrogen-bond donors (Lipinski definition) is 2. The molecule has 0 fully saturated rings. The van der Waals surface area contributed by atoms with Gasteiger partial charge in [-0.2, -0.15) is 0 Å². The maximum Gasteiger partial charge on any atom is 0.330 e. The SMILES string of the molecule is CCOC(=O)C=Cc1cc(OC(Oc2ccccc2)C(O)CNCCOc2ccccc2OC)cc2c1-c1ccccc1C2. The zero-order valence-electron chi connectivity index (χ0n) is 24.9. The van der Waals surface area contributed by atoms with E-state index in [0.29, 0.717) is 42.8 Å². The summed E-state index contributed by atoms with van der Waals surface area (Å²) < 4.78 is 28.7. The number of fused-ring (bicyclic) bond motifs is 3. The van der Waals surface area contributed by atoms with Crippen molar-refractivity contribution in [1.29, 1.82) is 0 Å². The van der Waals surface area contributed by atoms with Gasteiger partial charge in [0, 0.05) is 19.2 Å². The van der Waals surface area contributed by atoms with E-state index in [1.807, 2.05) is 78.9 Å². The van der Waals surface area contributed by atoms with Gasteiger partial charge in [0.1, 0.15) is 24.2 Å². The molecule has 5 rings (SSSR count). The minimum absolute atomic E-state index is 0.193. The Bertz CT molecular complexity index is 1570. The van der Waals surface area contributed by atoms with Crippen molar-refractivity contribution >= 4 is 12.0 Å². The summed E-state index contributed by atoms with van der Waals surface area (Å²) in [4.78, 5) is 12.2. The first-order chi connectivity index (χ1) is 21.6. The lowest BCUT2D eigenvalue weighted by molar-refractivity contribution is -0.137. The quantitative estimate of drug-likeness (QED) is 0.0694. The Morgan fingerprint density at radius 1 is 0.909 bits per heavy atom. The van der Waals surface area contributed by atoms with Crippen molar-refractivity contribution in [2.75, 3.05) is 33.4 Å². The number of carbonyl (C=O) groups is 1. The van der Waals surface area contributed by atoms with E-state index in [2.05, 4.69) is 17.4 Å². The molecule has 228 valence electrons. The molecule has 2 N–H and O–H groups in total. The Morgan fingerprint density at radius 2 is 1.64 bits per heavy atom. The monoisotopic (exact) mass is 595 g/mol. The average Bonchev–Trinajstić information content (AvgIpc) is 3.42. The second-order valence-electron chi connectivity index (χ2n) is 10.2. The number of ether oxygens (including phenoxy) is 5. The van der Waals surface area contributed by atoms with Crippen molar-refractivity contribution in [3.05, 3.63) is 114 Å². The number of rotatable bonds is 15. The van der Waals surface area contributed by atoms with Crippen molar-refractivity contribution < 1.29 is 33.6 Å². The molecule has 1 aliphatic rings. The predicted molar refractivity (Wildman–Crippen MR) is 169 cm³/mol. The molecule has 44 heavy (non-hydrogen) atoms. The number of para-hydroxylation sites is 3. The summed E-state index contributed by atoms with van der Waals surface area (Å²) in [5, 5.41) is 14.4. The number of benzene rings is 4. The first-order valence-electron chi connectivity index (χ1n) is 14.7. The summed E-state index contributed by atoms with van der Waals surface area (Å²) in [7, 11) is 1.60. The van der Waals surface area contributed by atoms with Crippen LogP contribution in [-0.4, -0.2) is 56.9 Å². The van der Waals surface area contributed by atoms with E-state index >= 15 is 0 Å². The molecule has 2 atom stereocenters. The highest BCUT2D eigenvalue weighted by Crippen LogP contribution is 2.42. The number of hydrogen-bond acceptors (Lipinski definition) is 8. The van der Waals surface area contributed by atoms with Gasteiger partial charge in [-0.3, -0.25) is 0 Å². The van der Waals surface area contributed by atoms with Crippen molar-refractivity contribution in [3.8, 4) is 34.1 Å². The Labute approximate surface area is 257 Å². The molecule has 8 nitrogen and oxygen atoms in total. The van der Waals surface area contributed by atoms with Gasteiger partial charge in [-0.25, -0.2) is 4.79 Å². The molecule has 0 bridgehead atoms. The van der Waals surface area contributed by atoms with Crippen LogP contribution < -0.4 is 24.3 Å². The molecule has 0 saturated carbocycles. The molecule has 0 aliphatic heterocycles. The summed E-state index contributed by atoms with van der Waals surface area (Å²) in [6, 6.07) is 28.7. The molecule has 0 aromatic heterocycles. The van der Waals surface area contributed by atoms with Crippen molar-refractivity contribution in [3.63, 3.8) is 0 Å². The van der Waals surface area contributed by atoms with Gasteiger partial charge < -0.3 is 34.1 Å². The molecule has 4 aromatic rings. The third-order valence-corrected chi connectivity index (χ3v) is 7.10. The van der Waals surface area contributed by atoms with Gasteiger partial charge in [0.2, 0.25) is 0 Å².